The largest absolute Gasteiger partial charge is 0.545 e. The van der Waals surface area contributed by atoms with Gasteiger partial charge in [0.2, 0.25) is 9.84 Å². The van der Waals surface area contributed by atoms with E-state index >= 15 is 0 Å². The lowest BCUT2D eigenvalue weighted by atomic mass is 10.2. The third kappa shape index (κ3) is 2.30. The molecule has 0 atom stereocenters. The molecule has 0 bridgehead atoms. The van der Waals surface area contributed by atoms with Crippen LogP contribution in [0.3, 0.4) is 0 Å². The first-order valence-electron chi connectivity index (χ1n) is 3.69. The Balaban J connectivity index is 3.15. The van der Waals surface area contributed by atoms with Crippen molar-refractivity contribution >= 4 is 15.8 Å². The molecule has 0 fully saturated rings. The maximum atomic E-state index is 12.0. The van der Waals surface area contributed by atoms with Gasteiger partial charge in [-0.05, 0) is 17.7 Å². The average Bonchev–Trinajstić information content (AvgIpc) is 2.17. The molecule has 0 amide bonds. The summed E-state index contributed by atoms with van der Waals surface area (Å²) in [5.41, 5.74) is -0.275. The smallest absolute Gasteiger partial charge is 0.341 e. The van der Waals surface area contributed by atoms with E-state index in [4.69, 9.17) is 0 Å². The van der Waals surface area contributed by atoms with E-state index in [2.05, 4.69) is 0 Å². The second kappa shape index (κ2) is 3.93. The predicted octanol–water partition coefficient (Wildman–Crippen LogP) is 0.0464. The third-order valence-corrected chi connectivity index (χ3v) is 3.05. The van der Waals surface area contributed by atoms with Gasteiger partial charge in [0.1, 0.15) is 0 Å². The number of hydrogen-bond acceptors (Lipinski definition) is 4. The molecule has 7 heteroatoms. The Morgan fingerprint density at radius 2 is 1.67 bits per heavy atom. The molecule has 0 aliphatic heterocycles. The average molecular weight is 235 g/mol. The zero-order chi connectivity index (χ0) is 11.6. The monoisotopic (exact) mass is 235 g/mol. The number of halogens is 2. The van der Waals surface area contributed by atoms with E-state index in [1.165, 1.54) is 0 Å². The molecule has 0 saturated heterocycles. The number of aromatic carboxylic acids is 1. The Hall–Kier alpha value is -1.50. The standard InChI is InChI=1S/C8H6F2O4S/c9-8(10)15(13,14)6-3-1-5(2-4-6)7(11)12/h1-4,8H,(H,11,12)/p-1. The van der Waals surface area contributed by atoms with E-state index in [1.54, 1.807) is 0 Å². The molecule has 15 heavy (non-hydrogen) atoms. The van der Waals surface area contributed by atoms with Gasteiger partial charge in [-0.3, -0.25) is 0 Å². The topological polar surface area (TPSA) is 74.3 Å². The van der Waals surface area contributed by atoms with Gasteiger partial charge in [0.05, 0.1) is 10.9 Å². The molecule has 1 aromatic rings. The highest BCUT2D eigenvalue weighted by atomic mass is 32.2. The number of carbonyl (C=O) groups is 1. The first-order valence-corrected chi connectivity index (χ1v) is 5.24. The van der Waals surface area contributed by atoms with Crippen molar-refractivity contribution in [2.75, 3.05) is 0 Å². The molecular weight excluding hydrogens is 230 g/mol. The molecule has 0 heterocycles. The molecule has 4 nitrogen and oxygen atoms in total. The number of carboxylic acids is 1. The van der Waals surface area contributed by atoms with Crippen LogP contribution in [0.1, 0.15) is 10.4 Å². The van der Waals surface area contributed by atoms with E-state index in [9.17, 15) is 27.1 Å². The number of hydrogen-bond donors (Lipinski definition) is 0. The van der Waals surface area contributed by atoms with Gasteiger partial charge in [0, 0.05) is 0 Å². The van der Waals surface area contributed by atoms with Gasteiger partial charge >= 0.3 is 5.76 Å². The number of alkyl halides is 2. The van der Waals surface area contributed by atoms with Crippen molar-refractivity contribution in [3.63, 3.8) is 0 Å². The minimum atomic E-state index is -4.67. The number of benzene rings is 1. The molecular formula is C8H5F2O4S-. The maximum absolute atomic E-state index is 12.0. The van der Waals surface area contributed by atoms with Gasteiger partial charge in [-0.15, -0.1) is 0 Å². The second-order valence-electron chi connectivity index (χ2n) is 2.62. The lowest BCUT2D eigenvalue weighted by molar-refractivity contribution is -0.255. The summed E-state index contributed by atoms with van der Waals surface area (Å²) in [5, 5.41) is 10.3. The minimum Gasteiger partial charge on any atom is -0.545 e. The highest BCUT2D eigenvalue weighted by molar-refractivity contribution is 7.91. The van der Waals surface area contributed by atoms with Crippen LogP contribution in [0.15, 0.2) is 29.2 Å². The van der Waals surface area contributed by atoms with Crippen molar-refractivity contribution in [3.05, 3.63) is 29.8 Å². The summed E-state index contributed by atoms with van der Waals surface area (Å²) in [7, 11) is -4.67. The molecule has 0 aliphatic rings. The van der Waals surface area contributed by atoms with Crippen LogP contribution >= 0.6 is 0 Å². The zero-order valence-electron chi connectivity index (χ0n) is 7.18. The second-order valence-corrected chi connectivity index (χ2v) is 4.54. The zero-order valence-corrected chi connectivity index (χ0v) is 8.00. The first kappa shape index (κ1) is 11.6. The van der Waals surface area contributed by atoms with Gasteiger partial charge in [-0.2, -0.15) is 8.78 Å². The summed E-state index contributed by atoms with van der Waals surface area (Å²) < 4.78 is 45.9. The van der Waals surface area contributed by atoms with E-state index in [0.29, 0.717) is 0 Å². The Labute approximate surface area is 84.1 Å². The summed E-state index contributed by atoms with van der Waals surface area (Å²) >= 11 is 0. The molecule has 1 aromatic carbocycles. The predicted molar refractivity (Wildman–Crippen MR) is 44.0 cm³/mol. The molecule has 0 N–H and O–H groups in total. The van der Waals surface area contributed by atoms with Crippen LogP contribution in [-0.4, -0.2) is 20.1 Å². The van der Waals surface area contributed by atoms with E-state index in [1.807, 2.05) is 0 Å². The Bertz CT molecular complexity index is 464. The molecule has 0 unspecified atom stereocenters. The van der Waals surface area contributed by atoms with Gasteiger partial charge in [0.25, 0.3) is 0 Å². The van der Waals surface area contributed by atoms with E-state index in [-0.39, 0.29) is 5.56 Å². The summed E-state index contributed by atoms with van der Waals surface area (Å²) in [5.74, 6) is -5.03. The summed E-state index contributed by atoms with van der Waals surface area (Å²) in [6.45, 7) is 0. The number of sulfone groups is 1. The minimum absolute atomic E-state index is 0.275. The van der Waals surface area contributed by atoms with E-state index in [0.717, 1.165) is 24.3 Å². The molecule has 1 rings (SSSR count). The molecule has 0 radical (unpaired) electrons. The van der Waals surface area contributed by atoms with Crippen LogP contribution < -0.4 is 5.11 Å². The normalized spacial score (nSPS) is 11.7. The lowest BCUT2D eigenvalue weighted by Crippen LogP contribution is -2.22. The van der Waals surface area contributed by atoms with Crippen molar-refractivity contribution in [2.45, 2.75) is 10.7 Å². The molecule has 82 valence electrons. The third-order valence-electron chi connectivity index (χ3n) is 1.65. The summed E-state index contributed by atoms with van der Waals surface area (Å²) in [6, 6.07) is 3.38. The van der Waals surface area contributed by atoms with Crippen LogP contribution in [0.25, 0.3) is 0 Å². The fraction of sp³-hybridized carbons (Fsp3) is 0.125. The summed E-state index contributed by atoms with van der Waals surface area (Å²) in [4.78, 5) is 9.66. The maximum Gasteiger partial charge on any atom is 0.341 e. The molecule has 0 saturated carbocycles. The molecule has 0 aliphatic carbocycles. The Kier molecular flexibility index (Phi) is 3.04. The van der Waals surface area contributed by atoms with Crippen molar-refractivity contribution in [1.82, 2.24) is 0 Å². The quantitative estimate of drug-likeness (QED) is 0.741. The van der Waals surface area contributed by atoms with Gasteiger partial charge in [-0.25, -0.2) is 8.42 Å². The fourth-order valence-corrected chi connectivity index (χ4v) is 1.60. The SMILES string of the molecule is O=C([O-])c1ccc(S(=O)(=O)C(F)F)cc1. The van der Waals surface area contributed by atoms with Crippen LogP contribution in [0, 0.1) is 0 Å². The van der Waals surface area contributed by atoms with Gasteiger partial charge in [0.15, 0.2) is 0 Å². The van der Waals surface area contributed by atoms with Gasteiger partial charge < -0.3 is 9.90 Å². The van der Waals surface area contributed by atoms with Crippen molar-refractivity contribution in [2.24, 2.45) is 0 Å². The van der Waals surface area contributed by atoms with Crippen LogP contribution in [0.5, 0.6) is 0 Å². The van der Waals surface area contributed by atoms with Gasteiger partial charge in [-0.1, -0.05) is 12.1 Å². The lowest BCUT2D eigenvalue weighted by Gasteiger charge is -2.05. The number of carboxylic acid groups (broad SMARTS) is 1. The molecule has 0 aromatic heterocycles. The molecule has 0 spiro atoms. The van der Waals surface area contributed by atoms with Crippen molar-refractivity contribution < 1.29 is 27.1 Å². The Morgan fingerprint density at radius 3 is 2.00 bits per heavy atom. The Morgan fingerprint density at radius 1 is 1.20 bits per heavy atom. The van der Waals surface area contributed by atoms with Crippen molar-refractivity contribution in [3.8, 4) is 0 Å². The summed E-state index contributed by atoms with van der Waals surface area (Å²) in [6.07, 6.45) is 0. The fourth-order valence-electron chi connectivity index (χ4n) is 0.884. The van der Waals surface area contributed by atoms with E-state index < -0.39 is 26.5 Å². The number of rotatable bonds is 3. The number of carbonyl (C=O) groups excluding carboxylic acids is 1. The van der Waals surface area contributed by atoms with Crippen LogP contribution in [0.2, 0.25) is 0 Å². The van der Waals surface area contributed by atoms with Crippen LogP contribution in [-0.2, 0) is 9.84 Å². The highest BCUT2D eigenvalue weighted by Crippen LogP contribution is 2.18. The van der Waals surface area contributed by atoms with Crippen molar-refractivity contribution in [1.29, 1.82) is 0 Å². The first-order chi connectivity index (χ1) is 6.85. The van der Waals surface area contributed by atoms with Crippen LogP contribution in [0.4, 0.5) is 8.78 Å². The highest BCUT2D eigenvalue weighted by Gasteiger charge is 2.26.